The maximum Gasteiger partial charge on any atom is 0.317 e. The number of fused-ring (bicyclic) bond motifs is 1. The summed E-state index contributed by atoms with van der Waals surface area (Å²) in [6.07, 6.45) is 0. The van der Waals surface area contributed by atoms with Crippen LogP contribution in [0.3, 0.4) is 0 Å². The summed E-state index contributed by atoms with van der Waals surface area (Å²) in [6.45, 7) is 1.81. The van der Waals surface area contributed by atoms with Crippen molar-refractivity contribution in [2.75, 3.05) is 6.61 Å². The zero-order valence-corrected chi connectivity index (χ0v) is 11.5. The minimum Gasteiger partial charge on any atom is -0.489 e. The molecule has 0 saturated heterocycles. The first-order valence-corrected chi connectivity index (χ1v) is 6.05. The summed E-state index contributed by atoms with van der Waals surface area (Å²) in [5.41, 5.74) is -0.290. The second-order valence-electron chi connectivity index (χ2n) is 3.54. The first-order valence-electron chi connectivity index (χ1n) is 4.18. The standard InChI is InChI=1S/C9H7BrINO3/c1-9(8(13)14)3-15-6-4(9)2-5(11)12-7(6)10/h2H,3H2,1H3,(H,13,14). The minimum atomic E-state index is -0.972. The van der Waals surface area contributed by atoms with Crippen molar-refractivity contribution < 1.29 is 14.6 Å². The number of carboxylic acid groups (broad SMARTS) is 1. The maximum atomic E-state index is 11.2. The second kappa shape index (κ2) is 3.58. The zero-order valence-electron chi connectivity index (χ0n) is 7.75. The summed E-state index contributed by atoms with van der Waals surface area (Å²) in [5, 5.41) is 9.18. The van der Waals surface area contributed by atoms with Crippen molar-refractivity contribution in [2.24, 2.45) is 0 Å². The van der Waals surface area contributed by atoms with Crippen LogP contribution in [-0.2, 0) is 10.2 Å². The lowest BCUT2D eigenvalue weighted by atomic mass is 9.85. The Balaban J connectivity index is 2.65. The minimum absolute atomic E-state index is 0.151. The van der Waals surface area contributed by atoms with Crippen LogP contribution in [-0.4, -0.2) is 22.7 Å². The normalized spacial score (nSPS) is 23.4. The van der Waals surface area contributed by atoms with E-state index in [-0.39, 0.29) is 6.61 Å². The van der Waals surface area contributed by atoms with Crippen molar-refractivity contribution in [3.05, 3.63) is 19.9 Å². The lowest BCUT2D eigenvalue weighted by molar-refractivity contribution is -0.143. The van der Waals surface area contributed by atoms with Gasteiger partial charge in [-0.15, -0.1) is 0 Å². The van der Waals surface area contributed by atoms with Crippen molar-refractivity contribution in [3.63, 3.8) is 0 Å². The molecule has 80 valence electrons. The van der Waals surface area contributed by atoms with E-state index in [0.29, 0.717) is 15.9 Å². The van der Waals surface area contributed by atoms with E-state index in [1.807, 2.05) is 22.6 Å². The van der Waals surface area contributed by atoms with Gasteiger partial charge in [0.1, 0.15) is 20.3 Å². The first-order chi connectivity index (χ1) is 6.95. The molecule has 0 radical (unpaired) electrons. The summed E-state index contributed by atoms with van der Waals surface area (Å²) >= 11 is 5.31. The molecule has 0 spiro atoms. The average Bonchev–Trinajstić information content (AvgIpc) is 2.46. The monoisotopic (exact) mass is 383 g/mol. The Labute approximate surface area is 108 Å². The summed E-state index contributed by atoms with van der Waals surface area (Å²) in [6, 6.07) is 1.75. The summed E-state index contributed by atoms with van der Waals surface area (Å²) in [5.74, 6) is -0.338. The molecule has 4 nitrogen and oxygen atoms in total. The van der Waals surface area contributed by atoms with E-state index >= 15 is 0 Å². The molecule has 0 fully saturated rings. The van der Waals surface area contributed by atoms with Crippen molar-refractivity contribution in [1.82, 2.24) is 4.98 Å². The second-order valence-corrected chi connectivity index (χ2v) is 5.39. The number of nitrogens with zero attached hydrogens (tertiary/aromatic N) is 1. The molecule has 0 saturated carbocycles. The van der Waals surface area contributed by atoms with Crippen molar-refractivity contribution in [1.29, 1.82) is 0 Å². The van der Waals surface area contributed by atoms with Gasteiger partial charge < -0.3 is 9.84 Å². The number of carbonyl (C=O) groups is 1. The van der Waals surface area contributed by atoms with Gasteiger partial charge >= 0.3 is 5.97 Å². The van der Waals surface area contributed by atoms with Crippen LogP contribution in [0.1, 0.15) is 12.5 Å². The first kappa shape index (κ1) is 11.1. The topological polar surface area (TPSA) is 59.4 Å². The van der Waals surface area contributed by atoms with Crippen molar-refractivity contribution in [3.8, 4) is 5.75 Å². The summed E-state index contributed by atoms with van der Waals surface area (Å²) < 4.78 is 6.68. The van der Waals surface area contributed by atoms with Gasteiger partial charge in [-0.25, -0.2) is 4.98 Å². The van der Waals surface area contributed by atoms with E-state index in [0.717, 1.165) is 3.70 Å². The summed E-state index contributed by atoms with van der Waals surface area (Å²) in [4.78, 5) is 15.3. The van der Waals surface area contributed by atoms with Gasteiger partial charge in [-0.2, -0.15) is 0 Å². The van der Waals surface area contributed by atoms with Gasteiger partial charge in [0.25, 0.3) is 0 Å². The predicted octanol–water partition coefficient (Wildman–Crippen LogP) is 2.18. The third-order valence-electron chi connectivity index (χ3n) is 2.47. The molecule has 2 rings (SSSR count). The third kappa shape index (κ3) is 1.63. The molecule has 1 aromatic heterocycles. The van der Waals surface area contributed by atoms with Gasteiger partial charge in [-0.1, -0.05) is 0 Å². The van der Waals surface area contributed by atoms with Gasteiger partial charge in [0, 0.05) is 5.56 Å². The molecular weight excluding hydrogens is 377 g/mol. The molecule has 2 heterocycles. The molecule has 6 heteroatoms. The number of aliphatic carboxylic acids is 1. The van der Waals surface area contributed by atoms with E-state index in [9.17, 15) is 9.90 Å². The summed E-state index contributed by atoms with van der Waals surface area (Å²) in [7, 11) is 0. The molecule has 0 amide bonds. The predicted molar refractivity (Wildman–Crippen MR) is 65.1 cm³/mol. The molecule has 1 N–H and O–H groups in total. The highest BCUT2D eigenvalue weighted by Gasteiger charge is 2.44. The Morgan fingerprint density at radius 3 is 3.07 bits per heavy atom. The van der Waals surface area contributed by atoms with E-state index in [1.54, 1.807) is 13.0 Å². The fourth-order valence-corrected chi connectivity index (χ4v) is 2.89. The third-order valence-corrected chi connectivity index (χ3v) is 3.56. The average molecular weight is 384 g/mol. The largest absolute Gasteiger partial charge is 0.489 e. The Kier molecular flexibility index (Phi) is 2.66. The maximum absolute atomic E-state index is 11.2. The molecule has 0 aliphatic carbocycles. The van der Waals surface area contributed by atoms with E-state index in [2.05, 4.69) is 20.9 Å². The van der Waals surface area contributed by atoms with E-state index < -0.39 is 11.4 Å². The lowest BCUT2D eigenvalue weighted by Gasteiger charge is -2.16. The molecule has 1 aliphatic rings. The number of hydrogen-bond acceptors (Lipinski definition) is 3. The molecule has 1 aromatic rings. The fraction of sp³-hybridized carbons (Fsp3) is 0.333. The highest BCUT2D eigenvalue weighted by Crippen LogP contribution is 2.42. The molecule has 15 heavy (non-hydrogen) atoms. The van der Waals surface area contributed by atoms with Crippen molar-refractivity contribution in [2.45, 2.75) is 12.3 Å². The number of aromatic nitrogens is 1. The SMILES string of the molecule is CC1(C(=O)O)COc2c1cc(I)nc2Br. The zero-order chi connectivity index (χ0) is 11.2. The lowest BCUT2D eigenvalue weighted by Crippen LogP contribution is -2.33. The quantitative estimate of drug-likeness (QED) is 0.596. The van der Waals surface area contributed by atoms with Crippen LogP contribution in [0.4, 0.5) is 0 Å². The van der Waals surface area contributed by atoms with Gasteiger partial charge in [0.2, 0.25) is 0 Å². The van der Waals surface area contributed by atoms with Gasteiger partial charge in [-0.05, 0) is 51.5 Å². The highest BCUT2D eigenvalue weighted by molar-refractivity contribution is 14.1. The van der Waals surface area contributed by atoms with Gasteiger partial charge in [0.05, 0.1) is 0 Å². The van der Waals surface area contributed by atoms with Crippen LogP contribution in [0.15, 0.2) is 10.7 Å². The van der Waals surface area contributed by atoms with E-state index in [1.165, 1.54) is 0 Å². The van der Waals surface area contributed by atoms with E-state index in [4.69, 9.17) is 4.74 Å². The molecular formula is C9H7BrINO3. The van der Waals surface area contributed by atoms with Crippen LogP contribution < -0.4 is 4.74 Å². The molecule has 0 bridgehead atoms. The Bertz CT molecular complexity index is 451. The van der Waals surface area contributed by atoms with Crippen LogP contribution in [0, 0.1) is 3.70 Å². The number of halogens is 2. The van der Waals surface area contributed by atoms with Crippen LogP contribution in [0.5, 0.6) is 5.75 Å². The van der Waals surface area contributed by atoms with Crippen LogP contribution >= 0.6 is 38.5 Å². The molecule has 0 aromatic carbocycles. The molecule has 1 aliphatic heterocycles. The number of rotatable bonds is 1. The van der Waals surface area contributed by atoms with Crippen LogP contribution in [0.2, 0.25) is 0 Å². The van der Waals surface area contributed by atoms with Crippen molar-refractivity contribution >= 4 is 44.5 Å². The smallest absolute Gasteiger partial charge is 0.317 e. The Morgan fingerprint density at radius 2 is 2.47 bits per heavy atom. The number of hydrogen-bond donors (Lipinski definition) is 1. The van der Waals surface area contributed by atoms with Crippen LogP contribution in [0.25, 0.3) is 0 Å². The molecule has 1 atom stereocenters. The highest BCUT2D eigenvalue weighted by atomic mass is 127. The number of ether oxygens (including phenoxy) is 1. The Hall–Kier alpha value is -0.370. The molecule has 1 unspecified atom stereocenters. The Morgan fingerprint density at radius 1 is 1.80 bits per heavy atom. The number of pyridine rings is 1. The van der Waals surface area contributed by atoms with Gasteiger partial charge in [-0.3, -0.25) is 4.79 Å². The van der Waals surface area contributed by atoms with Gasteiger partial charge in [0.15, 0.2) is 5.75 Å². The number of carboxylic acids is 1. The fourth-order valence-electron chi connectivity index (χ4n) is 1.49.